The van der Waals surface area contributed by atoms with Gasteiger partial charge in [-0.3, -0.25) is 0 Å². The van der Waals surface area contributed by atoms with Crippen molar-refractivity contribution in [2.24, 2.45) is 5.92 Å². The number of allylic oxidation sites excluding steroid dienone is 4. The number of aldehydes is 1. The predicted molar refractivity (Wildman–Crippen MR) is 67.8 cm³/mol. The van der Waals surface area contributed by atoms with Gasteiger partial charge < -0.3 is 4.79 Å². The quantitative estimate of drug-likeness (QED) is 0.410. The van der Waals surface area contributed by atoms with Crippen LogP contribution in [0.25, 0.3) is 0 Å². The molecule has 1 atom stereocenters. The van der Waals surface area contributed by atoms with Crippen LogP contribution >= 0.6 is 7.92 Å². The van der Waals surface area contributed by atoms with Crippen molar-refractivity contribution in [1.29, 1.82) is 0 Å². The normalized spacial score (nSPS) is 22.3. The van der Waals surface area contributed by atoms with Crippen molar-refractivity contribution >= 4 is 22.3 Å². The molecule has 0 saturated heterocycles. The smallest absolute Gasteiger partial charge is 0.131 e. The van der Waals surface area contributed by atoms with Crippen LogP contribution in [0.1, 0.15) is 0 Å². The maximum absolute atomic E-state index is 11.1. The van der Waals surface area contributed by atoms with E-state index in [1.807, 2.05) is 0 Å². The van der Waals surface area contributed by atoms with E-state index in [1.165, 1.54) is 10.5 Å². The Kier molecular flexibility index (Phi) is 3.49. The topological polar surface area (TPSA) is 17.1 Å². The molecule has 0 N–H and O–H groups in total. The van der Waals surface area contributed by atoms with Crippen LogP contribution in [0.5, 0.6) is 0 Å². The maximum Gasteiger partial charge on any atom is 0.131 e. The Bertz CT molecular complexity index is 297. The molecule has 1 rings (SSSR count). The Morgan fingerprint density at radius 3 is 2.21 bits per heavy atom. The van der Waals surface area contributed by atoms with E-state index in [2.05, 4.69) is 45.1 Å². The highest BCUT2D eigenvalue weighted by molar-refractivity contribution is 7.60. The lowest BCUT2D eigenvalue weighted by Crippen LogP contribution is -2.28. The minimum absolute atomic E-state index is 0.114. The number of hydrogen-bond donors (Lipinski definition) is 0. The molecule has 0 aromatic heterocycles. The van der Waals surface area contributed by atoms with Crippen molar-refractivity contribution in [2.75, 3.05) is 13.3 Å². The molecule has 0 spiro atoms. The van der Waals surface area contributed by atoms with E-state index in [0.717, 1.165) is 6.29 Å². The minimum Gasteiger partial charge on any atom is -0.302 e. The number of rotatable bonds is 3. The van der Waals surface area contributed by atoms with Crippen molar-refractivity contribution in [2.45, 2.75) is 19.6 Å². The summed E-state index contributed by atoms with van der Waals surface area (Å²) in [6.07, 6.45) is 5.51. The Labute approximate surface area is 89.0 Å². The van der Waals surface area contributed by atoms with Gasteiger partial charge in [-0.2, -0.15) is 0 Å². The van der Waals surface area contributed by atoms with Crippen LogP contribution in [0.15, 0.2) is 22.7 Å². The Morgan fingerprint density at radius 1 is 1.29 bits per heavy atom. The summed E-state index contributed by atoms with van der Waals surface area (Å²) in [5.41, 5.74) is 0. The van der Waals surface area contributed by atoms with Crippen LogP contribution in [0.3, 0.4) is 0 Å². The van der Waals surface area contributed by atoms with Crippen molar-refractivity contribution < 1.29 is 4.79 Å². The van der Waals surface area contributed by atoms with Gasteiger partial charge >= 0.3 is 0 Å². The lowest BCUT2D eigenvalue weighted by Gasteiger charge is -2.25. The first-order valence-corrected chi connectivity index (χ1v) is 10.7. The molecule has 1 nitrogen and oxygen atoms in total. The van der Waals surface area contributed by atoms with Crippen molar-refractivity contribution in [3.05, 3.63) is 22.7 Å². The van der Waals surface area contributed by atoms with Crippen molar-refractivity contribution in [3.8, 4) is 0 Å². The molecule has 0 bridgehead atoms. The number of carbonyl (C=O) groups excluding carboxylic acids is 1. The largest absolute Gasteiger partial charge is 0.302 e. The number of hydrogen-bond acceptors (Lipinski definition) is 1. The first-order valence-electron chi connectivity index (χ1n) is 4.93. The van der Waals surface area contributed by atoms with Crippen LogP contribution in [0, 0.1) is 5.92 Å². The van der Waals surface area contributed by atoms with Gasteiger partial charge in [0, 0.05) is 0 Å². The summed E-state index contributed by atoms with van der Waals surface area (Å²) in [6.45, 7) is 11.4. The van der Waals surface area contributed by atoms with Crippen LogP contribution in [-0.2, 0) is 4.79 Å². The van der Waals surface area contributed by atoms with Crippen LogP contribution in [0.4, 0.5) is 0 Å². The first-order chi connectivity index (χ1) is 6.38. The van der Waals surface area contributed by atoms with Gasteiger partial charge in [0.1, 0.15) is 6.29 Å². The maximum atomic E-state index is 11.1. The summed E-state index contributed by atoms with van der Waals surface area (Å²) >= 11 is 0. The zero-order valence-electron chi connectivity index (χ0n) is 9.66. The second kappa shape index (κ2) is 4.12. The molecule has 0 radical (unpaired) electrons. The average Bonchev–Trinajstić information content (AvgIpc) is 2.45. The van der Waals surface area contributed by atoms with Crippen LogP contribution in [-0.4, -0.2) is 27.7 Å². The molecule has 1 unspecified atom stereocenters. The van der Waals surface area contributed by atoms with Gasteiger partial charge in [0.25, 0.3) is 0 Å². The molecule has 0 saturated carbocycles. The Hall–Kier alpha value is -0.203. The first kappa shape index (κ1) is 11.9. The Morgan fingerprint density at radius 2 is 1.86 bits per heavy atom. The van der Waals surface area contributed by atoms with Gasteiger partial charge in [-0.25, -0.2) is 0 Å². The van der Waals surface area contributed by atoms with E-state index < -0.39 is 8.07 Å². The summed E-state index contributed by atoms with van der Waals surface area (Å²) in [7, 11) is -1.43. The fourth-order valence-corrected chi connectivity index (χ4v) is 4.82. The fourth-order valence-electron chi connectivity index (χ4n) is 1.83. The summed E-state index contributed by atoms with van der Waals surface area (Å²) in [6, 6.07) is 0. The molecular weight excluding hydrogens is 207 g/mol. The third-order valence-electron chi connectivity index (χ3n) is 2.61. The van der Waals surface area contributed by atoms with Crippen LogP contribution in [0.2, 0.25) is 19.6 Å². The van der Waals surface area contributed by atoms with Crippen molar-refractivity contribution in [1.82, 2.24) is 0 Å². The molecule has 1 aliphatic carbocycles. The molecule has 3 heteroatoms. The Balaban J connectivity index is 2.95. The fraction of sp³-hybridized carbons (Fsp3) is 0.545. The minimum atomic E-state index is -1.31. The van der Waals surface area contributed by atoms with E-state index >= 15 is 0 Å². The average molecular weight is 226 g/mol. The van der Waals surface area contributed by atoms with Gasteiger partial charge in [0.05, 0.1) is 14.0 Å². The highest BCUT2D eigenvalue weighted by Gasteiger charge is 2.32. The summed E-state index contributed by atoms with van der Waals surface area (Å²) in [4.78, 5) is 11.1. The highest BCUT2D eigenvalue weighted by atomic mass is 31.1. The molecule has 78 valence electrons. The molecule has 14 heavy (non-hydrogen) atoms. The second-order valence-electron chi connectivity index (χ2n) is 4.97. The SMILES string of the molecule is CP(C)C1=CC=C([Si](C)(C)C)C1C=O. The van der Waals surface area contributed by atoms with Crippen molar-refractivity contribution in [3.63, 3.8) is 0 Å². The summed E-state index contributed by atoms with van der Waals surface area (Å²) in [5, 5.41) is 2.76. The molecule has 0 amide bonds. The highest BCUT2D eigenvalue weighted by Crippen LogP contribution is 2.47. The third-order valence-corrected chi connectivity index (χ3v) is 6.28. The van der Waals surface area contributed by atoms with E-state index in [4.69, 9.17) is 0 Å². The number of carbonyl (C=O) groups is 1. The van der Waals surface area contributed by atoms with Gasteiger partial charge in [-0.1, -0.05) is 44.9 Å². The van der Waals surface area contributed by atoms with Gasteiger partial charge in [-0.05, 0) is 18.6 Å². The molecule has 0 aromatic rings. The molecule has 0 aliphatic heterocycles. The van der Waals surface area contributed by atoms with Gasteiger partial charge in [0.15, 0.2) is 0 Å². The lowest BCUT2D eigenvalue weighted by molar-refractivity contribution is -0.109. The zero-order chi connectivity index (χ0) is 10.9. The molecule has 0 fully saturated rings. The lowest BCUT2D eigenvalue weighted by atomic mass is 10.2. The van der Waals surface area contributed by atoms with E-state index in [0.29, 0.717) is 0 Å². The van der Waals surface area contributed by atoms with Crippen LogP contribution < -0.4 is 0 Å². The van der Waals surface area contributed by atoms with E-state index in [-0.39, 0.29) is 13.8 Å². The molecule has 0 aromatic carbocycles. The zero-order valence-corrected chi connectivity index (χ0v) is 11.6. The second-order valence-corrected chi connectivity index (χ2v) is 12.4. The molecule has 1 aliphatic rings. The predicted octanol–water partition coefficient (Wildman–Crippen LogP) is 3.24. The molecule has 0 heterocycles. The standard InChI is InChI=1S/C11H19OPSi/c1-13(2)10-6-7-11(9(10)8-12)14(3,4)5/h6-9H,1-5H3. The third kappa shape index (κ3) is 2.24. The van der Waals surface area contributed by atoms with Gasteiger partial charge in [0.2, 0.25) is 0 Å². The monoisotopic (exact) mass is 226 g/mol. The van der Waals surface area contributed by atoms with Gasteiger partial charge in [-0.15, -0.1) is 0 Å². The van der Waals surface area contributed by atoms with E-state index in [9.17, 15) is 4.79 Å². The summed E-state index contributed by atoms with van der Waals surface area (Å²) < 4.78 is 0. The van der Waals surface area contributed by atoms with E-state index in [1.54, 1.807) is 0 Å². The molecular formula is C11H19OPSi. The summed E-state index contributed by atoms with van der Waals surface area (Å²) in [5.74, 6) is 0.114.